The summed E-state index contributed by atoms with van der Waals surface area (Å²) in [6.45, 7) is 9.88. The Kier molecular flexibility index (Phi) is 11.6. The maximum Gasteiger partial charge on any atom is 0.361 e. The van der Waals surface area contributed by atoms with Crippen molar-refractivity contribution < 1.29 is 48.3 Å². The van der Waals surface area contributed by atoms with E-state index in [1.165, 1.54) is 7.11 Å². The number of aliphatic hydroxyl groups excluding tert-OH is 1. The van der Waals surface area contributed by atoms with E-state index in [1.807, 2.05) is 44.2 Å². The first kappa shape index (κ1) is 38.1. The molecule has 4 heterocycles. The van der Waals surface area contributed by atoms with E-state index in [9.17, 15) is 19.8 Å². The molecule has 2 N–H and O–H groups in total. The van der Waals surface area contributed by atoms with Gasteiger partial charge in [-0.2, -0.15) is 0 Å². The van der Waals surface area contributed by atoms with Crippen molar-refractivity contribution in [3.05, 3.63) is 83.0 Å². The molecule has 4 aliphatic heterocycles. The van der Waals surface area contributed by atoms with Crippen LogP contribution in [-0.2, 0) is 38.1 Å². The number of ether oxygens (including phenoxy) is 5. The first-order valence-electron chi connectivity index (χ1n) is 18.6. The molecule has 6 rings (SSSR count). The van der Waals surface area contributed by atoms with Crippen molar-refractivity contribution in [1.29, 1.82) is 0 Å². The summed E-state index contributed by atoms with van der Waals surface area (Å²) in [6, 6.07) is 9.00. The van der Waals surface area contributed by atoms with Crippen LogP contribution < -0.4 is 0 Å². The number of hydrogen-bond acceptors (Lipinski definition) is 11. The highest BCUT2D eigenvalue weighted by atomic mass is 16.7. The number of fused-ring (bicyclic) bond motifs is 2. The number of aliphatic hydroxyl groups is 2. The largest absolute Gasteiger partial charge is 0.462 e. The molecule has 11 heteroatoms. The normalized spacial score (nSPS) is 41.0. The Labute approximate surface area is 306 Å². The van der Waals surface area contributed by atoms with Crippen LogP contribution in [0.4, 0.5) is 0 Å². The molecule has 0 amide bonds. The van der Waals surface area contributed by atoms with Crippen molar-refractivity contribution in [2.75, 3.05) is 13.7 Å². The number of hydrogen-bond donors (Lipinski definition) is 2. The molecule has 282 valence electrons. The van der Waals surface area contributed by atoms with Gasteiger partial charge in [0, 0.05) is 30.7 Å². The van der Waals surface area contributed by atoms with E-state index < -0.39 is 53.7 Å². The molecular weight excluding hydrogens is 666 g/mol. The first-order chi connectivity index (χ1) is 24.9. The van der Waals surface area contributed by atoms with Gasteiger partial charge in [0.05, 0.1) is 18.8 Å². The lowest BCUT2D eigenvalue weighted by atomic mass is 9.71. The van der Waals surface area contributed by atoms with Crippen LogP contribution >= 0.6 is 0 Å². The minimum absolute atomic E-state index is 0.00166. The Hall–Kier alpha value is -3.61. The number of nitrogens with zero attached hydrogens (tertiary/aromatic N) is 1. The molecule has 5 aliphatic rings. The van der Waals surface area contributed by atoms with Gasteiger partial charge in [-0.3, -0.25) is 4.79 Å². The van der Waals surface area contributed by atoms with E-state index in [0.717, 1.165) is 18.4 Å². The van der Waals surface area contributed by atoms with Crippen molar-refractivity contribution in [2.45, 2.75) is 121 Å². The summed E-state index contributed by atoms with van der Waals surface area (Å²) < 4.78 is 32.0. The molecular formula is C41H53NO10. The molecule has 3 fully saturated rings. The van der Waals surface area contributed by atoms with Crippen LogP contribution in [0.2, 0.25) is 0 Å². The summed E-state index contributed by atoms with van der Waals surface area (Å²) in [4.78, 5) is 32.9. The van der Waals surface area contributed by atoms with Gasteiger partial charge in [-0.1, -0.05) is 86.6 Å². The lowest BCUT2D eigenvalue weighted by molar-refractivity contribution is -0.335. The summed E-state index contributed by atoms with van der Waals surface area (Å²) in [5.41, 5.74) is 0.535. The Bertz CT molecular complexity index is 1630. The van der Waals surface area contributed by atoms with Crippen LogP contribution in [0.3, 0.4) is 0 Å². The van der Waals surface area contributed by atoms with Crippen LogP contribution in [0.5, 0.6) is 0 Å². The number of allylic oxidation sites excluding steroid dienone is 2. The molecule has 1 aliphatic carbocycles. The second-order valence-electron chi connectivity index (χ2n) is 15.1. The number of carbonyl (C=O) groups is 2. The SMILES string of the molecule is CC[C@H]1O[C@]2(CC[C@@H]1C)C[C@@H]1C[C@@H](C/C=C(\C)[C@H](OC(=O)/C(=N/OC)c3ccccc3)[C@@H](C)/C=C/C=C3\COC4[C@H](O)C(C)=C[C@@H](C(=O)O1)[C@]34O)O2. The van der Waals surface area contributed by atoms with Crippen molar-refractivity contribution in [2.24, 2.45) is 22.9 Å². The number of oxime groups is 1. The predicted molar refractivity (Wildman–Crippen MR) is 193 cm³/mol. The lowest BCUT2D eigenvalue weighted by Gasteiger charge is -2.50. The standard InChI is InChI=1S/C41H53NO10/c1-7-33-24(2)18-19-40(52-33)22-31-21-30(51-40)17-16-26(4)36(50-39(45)34(42-47-6)28-13-9-8-10-14-28)25(3)12-11-15-29-23-48-37-35(43)27(5)20-32(38(44)49-31)41(29,37)46/h8-16,20,24-25,30-33,35-37,43,46H,7,17-19,21-23H2,1-6H3/b12-11+,26-16+,29-15+,42-34+/t24-,25-,30+,31-,32-,33+,35+,36+,37?,40+,41+/m0/s1. The average Bonchev–Trinajstić information content (AvgIpc) is 3.47. The molecule has 0 radical (unpaired) electrons. The van der Waals surface area contributed by atoms with Gasteiger partial charge in [-0.05, 0) is 55.7 Å². The van der Waals surface area contributed by atoms with E-state index in [2.05, 4.69) is 19.0 Å². The Morgan fingerprint density at radius 2 is 1.87 bits per heavy atom. The third kappa shape index (κ3) is 7.57. The van der Waals surface area contributed by atoms with Gasteiger partial charge in [0.2, 0.25) is 0 Å². The van der Waals surface area contributed by atoms with Crippen LogP contribution in [-0.4, -0.2) is 89.6 Å². The molecule has 1 unspecified atom stereocenters. The summed E-state index contributed by atoms with van der Waals surface area (Å²) in [5.74, 6) is -3.24. The van der Waals surface area contributed by atoms with E-state index in [4.69, 9.17) is 28.5 Å². The van der Waals surface area contributed by atoms with E-state index in [1.54, 1.807) is 37.3 Å². The minimum atomic E-state index is -1.84. The fourth-order valence-electron chi connectivity index (χ4n) is 8.43. The fraction of sp³-hybridized carbons (Fsp3) is 0.585. The van der Waals surface area contributed by atoms with Gasteiger partial charge in [0.25, 0.3) is 0 Å². The summed E-state index contributed by atoms with van der Waals surface area (Å²) >= 11 is 0. The number of rotatable bonds is 5. The molecule has 52 heavy (non-hydrogen) atoms. The minimum Gasteiger partial charge on any atom is -0.462 e. The molecule has 3 saturated heterocycles. The molecule has 1 aromatic rings. The van der Waals surface area contributed by atoms with Crippen LogP contribution in [0.15, 0.2) is 82.6 Å². The molecule has 0 saturated carbocycles. The van der Waals surface area contributed by atoms with Gasteiger partial charge in [0.1, 0.15) is 43.0 Å². The van der Waals surface area contributed by atoms with Gasteiger partial charge in [-0.25, -0.2) is 4.79 Å². The highest BCUT2D eigenvalue weighted by Gasteiger charge is 2.60. The van der Waals surface area contributed by atoms with Crippen LogP contribution in [0.25, 0.3) is 0 Å². The maximum atomic E-state index is 14.1. The number of benzene rings is 1. The molecule has 0 aromatic heterocycles. The topological polar surface area (TPSA) is 142 Å². The Morgan fingerprint density at radius 3 is 2.60 bits per heavy atom. The summed E-state index contributed by atoms with van der Waals surface area (Å²) in [6.07, 6.45) is 8.81. The van der Waals surface area contributed by atoms with Crippen molar-refractivity contribution in [1.82, 2.24) is 0 Å². The smallest absolute Gasteiger partial charge is 0.361 e. The zero-order chi connectivity index (χ0) is 37.2. The quantitative estimate of drug-likeness (QED) is 0.174. The third-order valence-corrected chi connectivity index (χ3v) is 11.4. The second-order valence-corrected chi connectivity index (χ2v) is 15.1. The van der Waals surface area contributed by atoms with Crippen molar-refractivity contribution in [3.63, 3.8) is 0 Å². The average molecular weight is 720 g/mol. The van der Waals surface area contributed by atoms with Gasteiger partial charge >= 0.3 is 11.9 Å². The van der Waals surface area contributed by atoms with E-state index in [0.29, 0.717) is 48.3 Å². The fourth-order valence-corrected chi connectivity index (χ4v) is 8.43. The van der Waals surface area contributed by atoms with Gasteiger partial charge in [0.15, 0.2) is 11.5 Å². The highest BCUT2D eigenvalue weighted by Crippen LogP contribution is 2.47. The summed E-state index contributed by atoms with van der Waals surface area (Å²) in [5, 5.41) is 27.4. The Balaban J connectivity index is 1.39. The predicted octanol–water partition coefficient (Wildman–Crippen LogP) is 5.50. The van der Waals surface area contributed by atoms with E-state index in [-0.39, 0.29) is 30.4 Å². The third-order valence-electron chi connectivity index (χ3n) is 11.4. The molecule has 1 spiro atoms. The Morgan fingerprint density at radius 1 is 1.10 bits per heavy atom. The van der Waals surface area contributed by atoms with Gasteiger partial charge < -0.3 is 38.7 Å². The lowest BCUT2D eigenvalue weighted by Crippen LogP contribution is -2.58. The molecule has 2 bridgehead atoms. The van der Waals surface area contributed by atoms with Gasteiger partial charge in [-0.15, -0.1) is 0 Å². The number of carbonyl (C=O) groups excluding carboxylic acids is 2. The molecule has 11 nitrogen and oxygen atoms in total. The zero-order valence-corrected chi connectivity index (χ0v) is 31.0. The monoisotopic (exact) mass is 719 g/mol. The first-order valence-corrected chi connectivity index (χ1v) is 18.6. The molecule has 1 aromatic carbocycles. The highest BCUT2D eigenvalue weighted by molar-refractivity contribution is 6.43. The van der Waals surface area contributed by atoms with Crippen LogP contribution in [0.1, 0.15) is 78.7 Å². The number of esters is 2. The molecule has 11 atom stereocenters. The van der Waals surface area contributed by atoms with E-state index >= 15 is 0 Å². The van der Waals surface area contributed by atoms with Crippen molar-refractivity contribution >= 4 is 17.7 Å². The van der Waals surface area contributed by atoms with Crippen molar-refractivity contribution in [3.8, 4) is 0 Å². The summed E-state index contributed by atoms with van der Waals surface area (Å²) in [7, 11) is 1.38. The maximum absolute atomic E-state index is 14.1. The van der Waals surface area contributed by atoms with Crippen LogP contribution in [0, 0.1) is 17.8 Å². The zero-order valence-electron chi connectivity index (χ0n) is 31.0. The second kappa shape index (κ2) is 15.8.